The number of aromatic nitrogens is 1. The zero-order valence-electron chi connectivity index (χ0n) is 12.6. The molecule has 0 spiro atoms. The first kappa shape index (κ1) is 15.1. The number of hydrogen-bond donors (Lipinski definition) is 1. The van der Waals surface area contributed by atoms with Crippen LogP contribution in [0.3, 0.4) is 0 Å². The van der Waals surface area contributed by atoms with E-state index in [9.17, 15) is 4.79 Å². The standard InChI is InChI=1S/C15H26N4O/c1-17(2)14-5-3-8-18(12-14)9-4-10-19-11-13(16)6-7-15(19)20/h6-7,11,14H,3-5,8-10,12,16H2,1-2H3. The van der Waals surface area contributed by atoms with Crippen LogP contribution >= 0.6 is 0 Å². The molecular formula is C15H26N4O. The fourth-order valence-corrected chi connectivity index (χ4v) is 2.84. The van der Waals surface area contributed by atoms with Gasteiger partial charge in [0.2, 0.25) is 0 Å². The Kier molecular flexibility index (Phi) is 5.20. The Hall–Kier alpha value is -1.33. The first-order chi connectivity index (χ1) is 9.56. The zero-order chi connectivity index (χ0) is 14.5. The van der Waals surface area contributed by atoms with E-state index in [0.29, 0.717) is 11.7 Å². The second-order valence-electron chi connectivity index (χ2n) is 5.91. The normalized spacial score (nSPS) is 20.4. The molecule has 1 aliphatic heterocycles. The highest BCUT2D eigenvalue weighted by Crippen LogP contribution is 2.13. The van der Waals surface area contributed by atoms with Crippen molar-refractivity contribution < 1.29 is 0 Å². The molecule has 0 amide bonds. The van der Waals surface area contributed by atoms with Crippen LogP contribution in [0, 0.1) is 0 Å². The van der Waals surface area contributed by atoms with E-state index in [4.69, 9.17) is 5.73 Å². The number of anilines is 1. The van der Waals surface area contributed by atoms with Gasteiger partial charge in [0.15, 0.2) is 0 Å². The fourth-order valence-electron chi connectivity index (χ4n) is 2.84. The third kappa shape index (κ3) is 4.08. The number of nitrogen functional groups attached to an aromatic ring is 1. The molecule has 1 fully saturated rings. The molecular weight excluding hydrogens is 252 g/mol. The van der Waals surface area contributed by atoms with Crippen molar-refractivity contribution in [1.82, 2.24) is 14.4 Å². The molecule has 1 aliphatic rings. The molecule has 1 atom stereocenters. The average Bonchev–Trinajstić information content (AvgIpc) is 2.43. The van der Waals surface area contributed by atoms with Gasteiger partial charge < -0.3 is 20.1 Å². The Bertz CT molecular complexity index is 483. The minimum absolute atomic E-state index is 0.0315. The Balaban J connectivity index is 1.81. The molecule has 1 aromatic heterocycles. The van der Waals surface area contributed by atoms with Gasteiger partial charge in [0.05, 0.1) is 0 Å². The van der Waals surface area contributed by atoms with Gasteiger partial charge in [0.1, 0.15) is 0 Å². The molecule has 1 saturated heterocycles. The van der Waals surface area contributed by atoms with E-state index < -0.39 is 0 Å². The Labute approximate surface area is 121 Å². The first-order valence-electron chi connectivity index (χ1n) is 7.41. The highest BCUT2D eigenvalue weighted by Gasteiger charge is 2.20. The van der Waals surface area contributed by atoms with Crippen LogP contribution in [0.1, 0.15) is 19.3 Å². The van der Waals surface area contributed by atoms with Gasteiger partial charge in [-0.05, 0) is 52.5 Å². The number of hydrogen-bond acceptors (Lipinski definition) is 4. The lowest BCUT2D eigenvalue weighted by Crippen LogP contribution is -2.45. The first-order valence-corrected chi connectivity index (χ1v) is 7.41. The number of nitrogens with zero attached hydrogens (tertiary/aromatic N) is 3. The molecule has 5 nitrogen and oxygen atoms in total. The van der Waals surface area contributed by atoms with E-state index in [-0.39, 0.29) is 5.56 Å². The van der Waals surface area contributed by atoms with E-state index in [1.54, 1.807) is 16.8 Å². The molecule has 0 bridgehead atoms. The second kappa shape index (κ2) is 6.90. The molecule has 20 heavy (non-hydrogen) atoms. The number of rotatable bonds is 5. The van der Waals surface area contributed by atoms with Crippen molar-refractivity contribution in [3.05, 3.63) is 28.7 Å². The molecule has 1 aromatic rings. The van der Waals surface area contributed by atoms with E-state index in [0.717, 1.165) is 26.1 Å². The summed E-state index contributed by atoms with van der Waals surface area (Å²) in [5.74, 6) is 0. The summed E-state index contributed by atoms with van der Waals surface area (Å²) in [5.41, 5.74) is 6.40. The Morgan fingerprint density at radius 3 is 2.90 bits per heavy atom. The third-order valence-corrected chi connectivity index (χ3v) is 4.09. The SMILES string of the molecule is CN(C)C1CCCN(CCCn2cc(N)ccc2=O)C1. The van der Waals surface area contributed by atoms with E-state index in [1.165, 1.54) is 25.5 Å². The topological polar surface area (TPSA) is 54.5 Å². The van der Waals surface area contributed by atoms with Crippen LogP contribution in [0.4, 0.5) is 5.69 Å². The number of piperidine rings is 1. The quantitative estimate of drug-likeness (QED) is 0.867. The number of pyridine rings is 1. The van der Waals surface area contributed by atoms with Crippen molar-refractivity contribution >= 4 is 5.69 Å². The number of likely N-dealkylation sites (N-methyl/N-ethyl adjacent to an activating group) is 1. The average molecular weight is 278 g/mol. The molecule has 0 aromatic carbocycles. The van der Waals surface area contributed by atoms with Crippen molar-refractivity contribution in [3.8, 4) is 0 Å². The smallest absolute Gasteiger partial charge is 0.250 e. The van der Waals surface area contributed by atoms with Gasteiger partial charge >= 0.3 is 0 Å². The van der Waals surface area contributed by atoms with Gasteiger partial charge in [-0.25, -0.2) is 0 Å². The van der Waals surface area contributed by atoms with Gasteiger partial charge in [-0.3, -0.25) is 4.79 Å². The van der Waals surface area contributed by atoms with Crippen molar-refractivity contribution in [3.63, 3.8) is 0 Å². The van der Waals surface area contributed by atoms with Crippen molar-refractivity contribution in [2.24, 2.45) is 0 Å². The molecule has 112 valence electrons. The van der Waals surface area contributed by atoms with Crippen molar-refractivity contribution in [2.45, 2.75) is 31.8 Å². The van der Waals surface area contributed by atoms with Crippen LogP contribution in [-0.4, -0.2) is 54.1 Å². The molecule has 2 heterocycles. The molecule has 0 aliphatic carbocycles. The molecule has 0 saturated carbocycles. The maximum atomic E-state index is 11.7. The van der Waals surface area contributed by atoms with Crippen LogP contribution in [0.25, 0.3) is 0 Å². The fraction of sp³-hybridized carbons (Fsp3) is 0.667. The third-order valence-electron chi connectivity index (χ3n) is 4.09. The van der Waals surface area contributed by atoms with Gasteiger partial charge in [-0.1, -0.05) is 0 Å². The van der Waals surface area contributed by atoms with E-state index in [2.05, 4.69) is 23.9 Å². The van der Waals surface area contributed by atoms with E-state index in [1.807, 2.05) is 0 Å². The van der Waals surface area contributed by atoms with Gasteiger partial charge in [-0.2, -0.15) is 0 Å². The minimum atomic E-state index is 0.0315. The Morgan fingerprint density at radius 1 is 1.35 bits per heavy atom. The number of likely N-dealkylation sites (tertiary alicyclic amines) is 1. The minimum Gasteiger partial charge on any atom is -0.398 e. The lowest BCUT2D eigenvalue weighted by Gasteiger charge is -2.36. The zero-order valence-corrected chi connectivity index (χ0v) is 12.6. The predicted molar refractivity (Wildman–Crippen MR) is 82.9 cm³/mol. The molecule has 2 rings (SSSR count). The van der Waals surface area contributed by atoms with Gasteiger partial charge in [0.25, 0.3) is 5.56 Å². The summed E-state index contributed by atoms with van der Waals surface area (Å²) in [7, 11) is 4.31. The Morgan fingerprint density at radius 2 is 2.15 bits per heavy atom. The van der Waals surface area contributed by atoms with Gasteiger partial charge in [-0.15, -0.1) is 0 Å². The van der Waals surface area contributed by atoms with Crippen LogP contribution < -0.4 is 11.3 Å². The summed E-state index contributed by atoms with van der Waals surface area (Å²) < 4.78 is 1.71. The summed E-state index contributed by atoms with van der Waals surface area (Å²) >= 11 is 0. The largest absolute Gasteiger partial charge is 0.398 e. The maximum absolute atomic E-state index is 11.7. The van der Waals surface area contributed by atoms with Crippen LogP contribution in [0.2, 0.25) is 0 Å². The molecule has 1 unspecified atom stereocenters. The van der Waals surface area contributed by atoms with E-state index >= 15 is 0 Å². The van der Waals surface area contributed by atoms with Gasteiger partial charge in [0, 0.05) is 37.1 Å². The molecule has 5 heteroatoms. The highest BCUT2D eigenvalue weighted by molar-refractivity contribution is 5.33. The lowest BCUT2D eigenvalue weighted by molar-refractivity contribution is 0.131. The number of nitrogens with two attached hydrogens (primary N) is 1. The highest BCUT2D eigenvalue weighted by atomic mass is 16.1. The summed E-state index contributed by atoms with van der Waals surface area (Å²) in [4.78, 5) is 16.5. The predicted octanol–water partition coefficient (Wildman–Crippen LogP) is 0.847. The summed E-state index contributed by atoms with van der Waals surface area (Å²) in [5, 5.41) is 0. The number of aryl methyl sites for hydroxylation is 1. The molecule has 0 radical (unpaired) electrons. The lowest BCUT2D eigenvalue weighted by atomic mass is 10.0. The van der Waals surface area contributed by atoms with Crippen LogP contribution in [0.5, 0.6) is 0 Å². The molecule has 2 N–H and O–H groups in total. The summed E-state index contributed by atoms with van der Waals surface area (Å²) in [6, 6.07) is 3.86. The summed E-state index contributed by atoms with van der Waals surface area (Å²) in [6.07, 6.45) is 5.28. The van der Waals surface area contributed by atoms with Crippen LogP contribution in [-0.2, 0) is 6.54 Å². The van der Waals surface area contributed by atoms with Crippen molar-refractivity contribution in [2.75, 3.05) is 39.5 Å². The summed E-state index contributed by atoms with van der Waals surface area (Å²) in [6.45, 7) is 4.10. The maximum Gasteiger partial charge on any atom is 0.250 e. The second-order valence-corrected chi connectivity index (χ2v) is 5.91. The monoisotopic (exact) mass is 278 g/mol. The van der Waals surface area contributed by atoms with Crippen LogP contribution in [0.15, 0.2) is 23.1 Å². The van der Waals surface area contributed by atoms with Crippen molar-refractivity contribution in [1.29, 1.82) is 0 Å².